The summed E-state index contributed by atoms with van der Waals surface area (Å²) < 4.78 is 10.5. The van der Waals surface area contributed by atoms with Crippen molar-refractivity contribution in [3.05, 3.63) is 23.8 Å². The molecule has 132 valence electrons. The predicted octanol–water partition coefficient (Wildman–Crippen LogP) is 0.601. The lowest BCUT2D eigenvalue weighted by atomic mass is 10.1. The molecule has 0 saturated carbocycles. The summed E-state index contributed by atoms with van der Waals surface area (Å²) in [6, 6.07) is 6.61. The Kier molecular flexibility index (Phi) is 6.34. The topological polar surface area (TPSA) is 109 Å². The van der Waals surface area contributed by atoms with Crippen LogP contribution in [0.5, 0.6) is 11.5 Å². The van der Waals surface area contributed by atoms with Gasteiger partial charge in [0.15, 0.2) is 18.1 Å². The second-order valence-electron chi connectivity index (χ2n) is 5.41. The molecule has 0 bridgehead atoms. The van der Waals surface area contributed by atoms with E-state index in [4.69, 9.17) is 14.7 Å². The third kappa shape index (κ3) is 4.94. The Morgan fingerprint density at radius 3 is 2.64 bits per heavy atom. The second-order valence-corrected chi connectivity index (χ2v) is 5.41. The van der Waals surface area contributed by atoms with Gasteiger partial charge in [0.2, 0.25) is 11.8 Å². The van der Waals surface area contributed by atoms with Crippen LogP contribution in [0.2, 0.25) is 0 Å². The number of benzene rings is 1. The minimum Gasteiger partial charge on any atom is -0.493 e. The van der Waals surface area contributed by atoms with Gasteiger partial charge in [0.25, 0.3) is 5.91 Å². The highest BCUT2D eigenvalue weighted by atomic mass is 16.5. The van der Waals surface area contributed by atoms with Crippen molar-refractivity contribution in [1.29, 1.82) is 5.26 Å². The Morgan fingerprint density at radius 1 is 1.28 bits per heavy atom. The van der Waals surface area contributed by atoms with Crippen LogP contribution in [0.3, 0.4) is 0 Å². The smallest absolute Gasteiger partial charge is 0.258 e. The molecule has 25 heavy (non-hydrogen) atoms. The number of likely N-dealkylation sites (tertiary alicyclic amines) is 1. The molecule has 1 aliphatic rings. The molecule has 8 heteroatoms. The fourth-order valence-electron chi connectivity index (χ4n) is 2.41. The van der Waals surface area contributed by atoms with Crippen LogP contribution in [0.25, 0.3) is 0 Å². The number of nitrogens with one attached hydrogen (secondary N) is 1. The number of nitriles is 1. The second kappa shape index (κ2) is 8.68. The van der Waals surface area contributed by atoms with E-state index >= 15 is 0 Å². The molecule has 1 aromatic rings. The van der Waals surface area contributed by atoms with Gasteiger partial charge in [0.1, 0.15) is 0 Å². The van der Waals surface area contributed by atoms with Crippen LogP contribution >= 0.6 is 0 Å². The van der Waals surface area contributed by atoms with E-state index in [0.29, 0.717) is 36.3 Å². The Bertz CT molecular complexity index is 695. The Balaban J connectivity index is 1.78. The van der Waals surface area contributed by atoms with Gasteiger partial charge in [0.05, 0.1) is 18.7 Å². The summed E-state index contributed by atoms with van der Waals surface area (Å²) in [4.78, 5) is 36.3. The van der Waals surface area contributed by atoms with Crippen LogP contribution in [0.15, 0.2) is 18.2 Å². The largest absolute Gasteiger partial charge is 0.493 e. The summed E-state index contributed by atoms with van der Waals surface area (Å²) in [7, 11) is 1.44. The molecular weight excluding hydrogens is 326 g/mol. The summed E-state index contributed by atoms with van der Waals surface area (Å²) in [5, 5.41) is 11.4. The van der Waals surface area contributed by atoms with Crippen LogP contribution in [0.1, 0.15) is 24.8 Å². The van der Waals surface area contributed by atoms with E-state index in [1.807, 2.05) is 6.07 Å². The van der Waals surface area contributed by atoms with Gasteiger partial charge >= 0.3 is 0 Å². The summed E-state index contributed by atoms with van der Waals surface area (Å²) in [5.41, 5.74) is 0.421. The van der Waals surface area contributed by atoms with Gasteiger partial charge in [-0.15, -0.1) is 0 Å². The average Bonchev–Trinajstić information content (AvgIpc) is 2.62. The van der Waals surface area contributed by atoms with Crippen molar-refractivity contribution in [2.45, 2.75) is 19.3 Å². The van der Waals surface area contributed by atoms with E-state index in [-0.39, 0.29) is 37.4 Å². The number of hydrogen-bond acceptors (Lipinski definition) is 6. The van der Waals surface area contributed by atoms with Crippen molar-refractivity contribution in [1.82, 2.24) is 10.2 Å². The lowest BCUT2D eigenvalue weighted by Crippen LogP contribution is -2.45. The SMILES string of the molecule is COc1cc(C#N)ccc1OCC(=O)NCCN1C(=O)CCCC1=O. The Hall–Kier alpha value is -3.08. The molecule has 0 aliphatic carbocycles. The van der Waals surface area contributed by atoms with Gasteiger partial charge in [0, 0.05) is 32.0 Å². The van der Waals surface area contributed by atoms with Gasteiger partial charge in [-0.2, -0.15) is 5.26 Å². The van der Waals surface area contributed by atoms with Crippen molar-refractivity contribution in [2.24, 2.45) is 0 Å². The number of rotatable bonds is 7. The first kappa shape index (κ1) is 18.3. The van der Waals surface area contributed by atoms with Crippen LogP contribution in [-0.2, 0) is 14.4 Å². The fraction of sp³-hybridized carbons (Fsp3) is 0.412. The maximum absolute atomic E-state index is 11.8. The van der Waals surface area contributed by atoms with Gasteiger partial charge in [-0.1, -0.05) is 0 Å². The number of piperidine rings is 1. The van der Waals surface area contributed by atoms with Crippen molar-refractivity contribution in [3.63, 3.8) is 0 Å². The summed E-state index contributed by atoms with van der Waals surface area (Å²) in [6.07, 6.45) is 1.31. The highest BCUT2D eigenvalue weighted by molar-refractivity contribution is 5.97. The number of nitrogens with zero attached hydrogens (tertiary/aromatic N) is 2. The Morgan fingerprint density at radius 2 is 2.00 bits per heavy atom. The highest BCUT2D eigenvalue weighted by Crippen LogP contribution is 2.27. The van der Waals surface area contributed by atoms with E-state index in [1.54, 1.807) is 12.1 Å². The molecule has 2 rings (SSSR count). The van der Waals surface area contributed by atoms with E-state index in [9.17, 15) is 14.4 Å². The first-order chi connectivity index (χ1) is 12.0. The molecule has 1 saturated heterocycles. The molecule has 1 aliphatic heterocycles. The van der Waals surface area contributed by atoms with Crippen LogP contribution in [-0.4, -0.2) is 49.4 Å². The monoisotopic (exact) mass is 345 g/mol. The van der Waals surface area contributed by atoms with Crippen LogP contribution in [0.4, 0.5) is 0 Å². The zero-order valence-electron chi connectivity index (χ0n) is 13.9. The molecule has 1 fully saturated rings. The first-order valence-corrected chi connectivity index (χ1v) is 7.86. The van der Waals surface area contributed by atoms with E-state index in [0.717, 1.165) is 0 Å². The van der Waals surface area contributed by atoms with Crippen LogP contribution < -0.4 is 14.8 Å². The molecule has 8 nitrogen and oxygen atoms in total. The number of carbonyl (C=O) groups is 3. The molecular formula is C17H19N3O5. The normalized spacial score (nSPS) is 14.0. The first-order valence-electron chi connectivity index (χ1n) is 7.86. The summed E-state index contributed by atoms with van der Waals surface area (Å²) in [6.45, 7) is 0.0813. The van der Waals surface area contributed by atoms with Gasteiger partial charge < -0.3 is 14.8 Å². The quantitative estimate of drug-likeness (QED) is 0.725. The van der Waals surface area contributed by atoms with Gasteiger partial charge in [-0.05, 0) is 18.6 Å². The fourth-order valence-corrected chi connectivity index (χ4v) is 2.41. The molecule has 1 aromatic carbocycles. The maximum Gasteiger partial charge on any atom is 0.258 e. The summed E-state index contributed by atoms with van der Waals surface area (Å²) >= 11 is 0. The molecule has 0 aromatic heterocycles. The molecule has 1 N–H and O–H groups in total. The van der Waals surface area contributed by atoms with E-state index in [1.165, 1.54) is 18.1 Å². The van der Waals surface area contributed by atoms with Gasteiger partial charge in [-0.3, -0.25) is 19.3 Å². The molecule has 0 radical (unpaired) electrons. The standard InChI is InChI=1S/C17H19N3O5/c1-24-14-9-12(10-18)5-6-13(14)25-11-15(21)19-7-8-20-16(22)3-2-4-17(20)23/h5-6,9H,2-4,7-8,11H2,1H3,(H,19,21). The number of methoxy groups -OCH3 is 1. The number of carbonyl (C=O) groups excluding carboxylic acids is 3. The zero-order chi connectivity index (χ0) is 18.2. The minimum atomic E-state index is -0.386. The van der Waals surface area contributed by atoms with Crippen molar-refractivity contribution in [2.75, 3.05) is 26.8 Å². The zero-order valence-corrected chi connectivity index (χ0v) is 13.9. The molecule has 1 heterocycles. The minimum absolute atomic E-state index is 0.156. The number of imide groups is 1. The molecule has 0 unspecified atom stereocenters. The van der Waals surface area contributed by atoms with E-state index in [2.05, 4.69) is 5.32 Å². The number of ether oxygens (including phenoxy) is 2. The Labute approximate surface area is 145 Å². The highest BCUT2D eigenvalue weighted by Gasteiger charge is 2.25. The third-order valence-corrected chi connectivity index (χ3v) is 3.69. The average molecular weight is 345 g/mol. The third-order valence-electron chi connectivity index (χ3n) is 3.69. The molecule has 3 amide bonds. The van der Waals surface area contributed by atoms with Crippen LogP contribution in [0, 0.1) is 11.3 Å². The predicted molar refractivity (Wildman–Crippen MR) is 86.8 cm³/mol. The van der Waals surface area contributed by atoms with E-state index < -0.39 is 0 Å². The number of hydrogen-bond donors (Lipinski definition) is 1. The molecule has 0 atom stereocenters. The lowest BCUT2D eigenvalue weighted by Gasteiger charge is -2.24. The van der Waals surface area contributed by atoms with Crippen molar-refractivity contribution >= 4 is 17.7 Å². The maximum atomic E-state index is 11.8. The van der Waals surface area contributed by atoms with Crippen molar-refractivity contribution < 1.29 is 23.9 Å². The number of amides is 3. The van der Waals surface area contributed by atoms with Gasteiger partial charge in [-0.25, -0.2) is 0 Å². The van der Waals surface area contributed by atoms with Crippen molar-refractivity contribution in [3.8, 4) is 17.6 Å². The summed E-state index contributed by atoms with van der Waals surface area (Å²) in [5.74, 6) is -0.0918. The molecule has 0 spiro atoms. The lowest BCUT2D eigenvalue weighted by molar-refractivity contribution is -0.148.